The van der Waals surface area contributed by atoms with E-state index in [0.717, 1.165) is 17.7 Å². The lowest BCUT2D eigenvalue weighted by Gasteiger charge is -2.22. The van der Waals surface area contributed by atoms with Crippen molar-refractivity contribution in [1.29, 1.82) is 0 Å². The Balaban J connectivity index is 1.84. The lowest BCUT2D eigenvalue weighted by molar-refractivity contribution is -0.137. The smallest absolute Gasteiger partial charge is 0.272 e. The minimum absolute atomic E-state index is 0.256. The highest BCUT2D eigenvalue weighted by Crippen LogP contribution is 2.30. The molecule has 1 unspecified atom stereocenters. The van der Waals surface area contributed by atoms with Gasteiger partial charge in [0.05, 0.1) is 17.2 Å². The third-order valence-electron chi connectivity index (χ3n) is 3.83. The van der Waals surface area contributed by atoms with Gasteiger partial charge in [-0.15, -0.1) is 0 Å². The predicted octanol–water partition coefficient (Wildman–Crippen LogP) is 4.37. The Labute approximate surface area is 141 Å². The summed E-state index contributed by atoms with van der Waals surface area (Å²) < 4.78 is 37.9. The van der Waals surface area contributed by atoms with Crippen LogP contribution >= 0.6 is 11.6 Å². The van der Waals surface area contributed by atoms with Crippen LogP contribution in [0.1, 0.15) is 29.0 Å². The van der Waals surface area contributed by atoms with Crippen LogP contribution in [0.3, 0.4) is 0 Å². The number of carbonyl (C=O) groups is 1. The second-order valence-corrected chi connectivity index (χ2v) is 5.85. The van der Waals surface area contributed by atoms with Gasteiger partial charge in [-0.05, 0) is 35.4 Å². The van der Waals surface area contributed by atoms with Crippen molar-refractivity contribution >= 4 is 23.2 Å². The first-order valence-corrected chi connectivity index (χ1v) is 7.52. The number of carbonyl (C=O) groups excluding carboxylic acids is 1. The Morgan fingerprint density at radius 1 is 1.04 bits per heavy atom. The number of hydrogen-bond acceptors (Lipinski definition) is 2. The molecule has 1 aliphatic rings. The van der Waals surface area contributed by atoms with Crippen molar-refractivity contribution in [2.45, 2.75) is 18.5 Å². The lowest BCUT2D eigenvalue weighted by Crippen LogP contribution is -2.33. The minimum Gasteiger partial charge on any atom is -0.272 e. The SMILES string of the molecule is O=C1NN=C(c2ccc(C(F)(F)F)cc2)CC1c1ccc(Cl)cc1. The molecular weight excluding hydrogens is 341 g/mol. The van der Waals surface area contributed by atoms with Gasteiger partial charge in [0.15, 0.2) is 0 Å². The third kappa shape index (κ3) is 3.43. The van der Waals surface area contributed by atoms with Crippen LogP contribution in [0.4, 0.5) is 13.2 Å². The van der Waals surface area contributed by atoms with E-state index < -0.39 is 17.7 Å². The number of benzene rings is 2. The van der Waals surface area contributed by atoms with Crippen molar-refractivity contribution in [1.82, 2.24) is 5.43 Å². The normalized spacial score (nSPS) is 18.1. The van der Waals surface area contributed by atoms with Crippen LogP contribution in [-0.2, 0) is 11.0 Å². The molecule has 1 aliphatic heterocycles. The number of halogens is 4. The van der Waals surface area contributed by atoms with Crippen LogP contribution in [0.15, 0.2) is 53.6 Å². The fraction of sp³-hybridized carbons (Fsp3) is 0.176. The maximum atomic E-state index is 12.6. The van der Waals surface area contributed by atoms with Crippen molar-refractivity contribution in [3.63, 3.8) is 0 Å². The number of amides is 1. The van der Waals surface area contributed by atoms with Crippen molar-refractivity contribution < 1.29 is 18.0 Å². The van der Waals surface area contributed by atoms with E-state index in [4.69, 9.17) is 11.6 Å². The van der Waals surface area contributed by atoms with Gasteiger partial charge in [0.25, 0.3) is 0 Å². The molecule has 0 aromatic heterocycles. The third-order valence-corrected chi connectivity index (χ3v) is 4.08. The first-order valence-electron chi connectivity index (χ1n) is 7.14. The highest BCUT2D eigenvalue weighted by Gasteiger charge is 2.31. The number of nitrogens with zero attached hydrogens (tertiary/aromatic N) is 1. The molecule has 1 amide bonds. The first kappa shape index (κ1) is 16.5. The van der Waals surface area contributed by atoms with Gasteiger partial charge < -0.3 is 0 Å². The van der Waals surface area contributed by atoms with E-state index in [1.54, 1.807) is 24.3 Å². The predicted molar refractivity (Wildman–Crippen MR) is 84.9 cm³/mol. The van der Waals surface area contributed by atoms with Crippen molar-refractivity contribution in [2.75, 3.05) is 0 Å². The summed E-state index contributed by atoms with van der Waals surface area (Å²) in [6.45, 7) is 0. The van der Waals surface area contributed by atoms with Crippen LogP contribution < -0.4 is 5.43 Å². The van der Waals surface area contributed by atoms with E-state index in [2.05, 4.69) is 10.5 Å². The molecule has 0 fully saturated rings. The molecule has 0 saturated carbocycles. The average molecular weight is 353 g/mol. The van der Waals surface area contributed by atoms with E-state index >= 15 is 0 Å². The quantitative estimate of drug-likeness (QED) is 0.857. The molecule has 0 saturated heterocycles. The number of rotatable bonds is 2. The Morgan fingerprint density at radius 2 is 1.67 bits per heavy atom. The largest absolute Gasteiger partial charge is 0.416 e. The molecule has 3 nitrogen and oxygen atoms in total. The second kappa shape index (κ2) is 6.28. The van der Waals surface area contributed by atoms with E-state index in [1.165, 1.54) is 12.1 Å². The van der Waals surface area contributed by atoms with Crippen molar-refractivity contribution in [2.24, 2.45) is 5.10 Å². The molecular formula is C17H12ClF3N2O. The molecule has 124 valence electrons. The molecule has 3 rings (SSSR count). The van der Waals surface area contributed by atoms with Gasteiger partial charge in [-0.2, -0.15) is 18.3 Å². The maximum absolute atomic E-state index is 12.6. The van der Waals surface area contributed by atoms with E-state index in [1.807, 2.05) is 0 Å². The van der Waals surface area contributed by atoms with Crippen LogP contribution in [-0.4, -0.2) is 11.6 Å². The number of hydrogen-bond donors (Lipinski definition) is 1. The van der Waals surface area contributed by atoms with Gasteiger partial charge in [0, 0.05) is 11.4 Å². The zero-order valence-corrected chi connectivity index (χ0v) is 13.0. The molecule has 1 heterocycles. The molecule has 7 heteroatoms. The van der Waals surface area contributed by atoms with Crippen LogP contribution in [0.2, 0.25) is 5.02 Å². The summed E-state index contributed by atoms with van der Waals surface area (Å²) in [4.78, 5) is 12.0. The molecule has 0 spiro atoms. The molecule has 1 N–H and O–H groups in total. The van der Waals surface area contributed by atoms with E-state index in [9.17, 15) is 18.0 Å². The van der Waals surface area contributed by atoms with Gasteiger partial charge in [0.2, 0.25) is 5.91 Å². The highest BCUT2D eigenvalue weighted by molar-refractivity contribution is 6.30. The Bertz CT molecular complexity index is 783. The molecule has 0 bridgehead atoms. The van der Waals surface area contributed by atoms with Gasteiger partial charge in [-0.3, -0.25) is 4.79 Å². The molecule has 2 aromatic rings. The zero-order chi connectivity index (χ0) is 17.3. The van der Waals surface area contributed by atoms with Crippen molar-refractivity contribution in [3.8, 4) is 0 Å². The molecule has 2 aromatic carbocycles. The summed E-state index contributed by atoms with van der Waals surface area (Å²) in [6.07, 6.45) is -4.08. The topological polar surface area (TPSA) is 41.5 Å². The summed E-state index contributed by atoms with van der Waals surface area (Å²) in [7, 11) is 0. The highest BCUT2D eigenvalue weighted by atomic mass is 35.5. The average Bonchev–Trinajstić information content (AvgIpc) is 2.56. The van der Waals surface area contributed by atoms with Crippen LogP contribution in [0.5, 0.6) is 0 Å². The number of alkyl halides is 3. The Kier molecular flexibility index (Phi) is 4.32. The van der Waals surface area contributed by atoms with Crippen LogP contribution in [0.25, 0.3) is 0 Å². The second-order valence-electron chi connectivity index (χ2n) is 5.42. The zero-order valence-electron chi connectivity index (χ0n) is 12.3. The monoisotopic (exact) mass is 352 g/mol. The summed E-state index contributed by atoms with van der Waals surface area (Å²) in [5.74, 6) is -0.718. The first-order chi connectivity index (χ1) is 11.3. The van der Waals surface area contributed by atoms with Gasteiger partial charge in [-0.1, -0.05) is 35.9 Å². The van der Waals surface area contributed by atoms with Crippen LogP contribution in [0, 0.1) is 0 Å². The van der Waals surface area contributed by atoms with Gasteiger partial charge in [-0.25, -0.2) is 5.43 Å². The molecule has 0 radical (unpaired) electrons. The molecule has 24 heavy (non-hydrogen) atoms. The molecule has 0 aliphatic carbocycles. The fourth-order valence-corrected chi connectivity index (χ4v) is 2.66. The number of nitrogens with one attached hydrogen (secondary N) is 1. The van der Waals surface area contributed by atoms with Gasteiger partial charge >= 0.3 is 6.18 Å². The minimum atomic E-state index is -4.38. The lowest BCUT2D eigenvalue weighted by atomic mass is 9.89. The summed E-state index contributed by atoms with van der Waals surface area (Å²) >= 11 is 5.85. The summed E-state index contributed by atoms with van der Waals surface area (Å²) in [5, 5.41) is 4.54. The molecule has 1 atom stereocenters. The fourth-order valence-electron chi connectivity index (χ4n) is 2.53. The maximum Gasteiger partial charge on any atom is 0.416 e. The Morgan fingerprint density at radius 3 is 2.25 bits per heavy atom. The Hall–Kier alpha value is -2.34. The van der Waals surface area contributed by atoms with E-state index in [0.29, 0.717) is 22.7 Å². The number of hydrazone groups is 1. The standard InChI is InChI=1S/C17H12ClF3N2O/c18-13-7-3-10(4-8-13)14-9-15(22-23-16(14)24)11-1-5-12(6-2-11)17(19,20)21/h1-8,14H,9H2,(H,23,24). The van der Waals surface area contributed by atoms with Crippen molar-refractivity contribution in [3.05, 3.63) is 70.2 Å². The van der Waals surface area contributed by atoms with E-state index in [-0.39, 0.29) is 5.91 Å². The summed E-state index contributed by atoms with van der Waals surface area (Å²) in [6, 6.07) is 11.6. The van der Waals surface area contributed by atoms with Gasteiger partial charge in [0.1, 0.15) is 0 Å². The summed E-state index contributed by atoms with van der Waals surface area (Å²) in [5.41, 5.74) is 3.56.